The van der Waals surface area contributed by atoms with Crippen LogP contribution >= 0.6 is 0 Å². The van der Waals surface area contributed by atoms with E-state index >= 15 is 0 Å². The molecule has 0 aliphatic rings. The lowest BCUT2D eigenvalue weighted by Gasteiger charge is -2.04. The van der Waals surface area contributed by atoms with Gasteiger partial charge in [-0.25, -0.2) is 5.43 Å². The molecular formula is C16H16N2O2. The number of nitrogens with one attached hydrogen (secondary N) is 1. The summed E-state index contributed by atoms with van der Waals surface area (Å²) in [5.41, 5.74) is 4.79. The number of carbonyl (C=O) groups is 1. The zero-order valence-electron chi connectivity index (χ0n) is 11.5. The molecule has 0 aliphatic carbocycles. The van der Waals surface area contributed by atoms with Crippen molar-refractivity contribution in [3.8, 4) is 5.75 Å². The Morgan fingerprint density at radius 2 is 1.65 bits per heavy atom. The fraction of sp³-hybridized carbons (Fsp3) is 0.125. The predicted octanol–water partition coefficient (Wildman–Crippen LogP) is 2.85. The van der Waals surface area contributed by atoms with E-state index in [9.17, 15) is 4.79 Å². The number of amides is 1. The van der Waals surface area contributed by atoms with E-state index in [-0.39, 0.29) is 5.91 Å². The molecule has 0 aromatic heterocycles. The van der Waals surface area contributed by atoms with Crippen LogP contribution in [0.2, 0.25) is 0 Å². The third-order valence-electron chi connectivity index (χ3n) is 2.87. The van der Waals surface area contributed by atoms with Crippen molar-refractivity contribution >= 4 is 11.6 Å². The summed E-state index contributed by atoms with van der Waals surface area (Å²) in [4.78, 5) is 11.8. The molecule has 20 heavy (non-hydrogen) atoms. The molecule has 4 nitrogen and oxygen atoms in total. The number of hydrogen-bond donors (Lipinski definition) is 1. The highest BCUT2D eigenvalue weighted by molar-refractivity contribution is 6.00. The van der Waals surface area contributed by atoms with Crippen LogP contribution in [0.15, 0.2) is 59.7 Å². The first-order chi connectivity index (χ1) is 9.70. The average Bonchev–Trinajstić information content (AvgIpc) is 2.53. The van der Waals surface area contributed by atoms with Crippen molar-refractivity contribution in [2.75, 3.05) is 7.11 Å². The molecule has 1 amide bonds. The lowest BCUT2D eigenvalue weighted by atomic mass is 10.1. The standard InChI is InChI=1S/C16H16N2O2/c1-12(13-8-10-15(20-2)11-9-13)17-18-16(19)14-6-4-3-5-7-14/h3-11H,1-2H3,(H,18,19)/b17-12-. The van der Waals surface area contributed by atoms with Crippen molar-refractivity contribution in [1.82, 2.24) is 5.43 Å². The minimum absolute atomic E-state index is 0.224. The minimum Gasteiger partial charge on any atom is -0.497 e. The summed E-state index contributed by atoms with van der Waals surface area (Å²) in [5, 5.41) is 4.10. The molecule has 0 radical (unpaired) electrons. The summed E-state index contributed by atoms with van der Waals surface area (Å²) < 4.78 is 5.10. The lowest BCUT2D eigenvalue weighted by Crippen LogP contribution is -2.19. The number of ether oxygens (including phenoxy) is 1. The molecule has 0 heterocycles. The van der Waals surface area contributed by atoms with E-state index in [1.165, 1.54) is 0 Å². The number of nitrogens with zero attached hydrogens (tertiary/aromatic N) is 1. The van der Waals surface area contributed by atoms with Crippen LogP contribution < -0.4 is 10.2 Å². The number of benzene rings is 2. The van der Waals surface area contributed by atoms with Crippen molar-refractivity contribution in [3.05, 3.63) is 65.7 Å². The van der Waals surface area contributed by atoms with E-state index in [0.717, 1.165) is 17.0 Å². The summed E-state index contributed by atoms with van der Waals surface area (Å²) >= 11 is 0. The number of hydrogen-bond acceptors (Lipinski definition) is 3. The zero-order valence-corrected chi connectivity index (χ0v) is 11.5. The van der Waals surface area contributed by atoms with E-state index in [1.54, 1.807) is 19.2 Å². The molecule has 1 N–H and O–H groups in total. The van der Waals surface area contributed by atoms with Gasteiger partial charge in [0.15, 0.2) is 0 Å². The first kappa shape index (κ1) is 13.8. The molecule has 0 fully saturated rings. The second kappa shape index (κ2) is 6.52. The third kappa shape index (κ3) is 3.45. The molecule has 0 saturated heterocycles. The first-order valence-corrected chi connectivity index (χ1v) is 6.25. The van der Waals surface area contributed by atoms with E-state index in [2.05, 4.69) is 10.5 Å². The maximum Gasteiger partial charge on any atom is 0.271 e. The van der Waals surface area contributed by atoms with Crippen molar-refractivity contribution in [2.24, 2.45) is 5.10 Å². The summed E-state index contributed by atoms with van der Waals surface area (Å²) in [7, 11) is 1.62. The minimum atomic E-state index is -0.224. The van der Waals surface area contributed by atoms with E-state index in [4.69, 9.17) is 4.74 Å². The SMILES string of the molecule is COc1ccc(/C(C)=N\NC(=O)c2ccccc2)cc1. The Balaban J connectivity index is 2.05. The predicted molar refractivity (Wildman–Crippen MR) is 79.1 cm³/mol. The van der Waals surface area contributed by atoms with Crippen molar-refractivity contribution in [3.63, 3.8) is 0 Å². The van der Waals surface area contributed by atoms with Gasteiger partial charge in [-0.05, 0) is 48.9 Å². The molecule has 0 bridgehead atoms. The normalized spacial score (nSPS) is 11.0. The fourth-order valence-corrected chi connectivity index (χ4v) is 1.69. The zero-order chi connectivity index (χ0) is 14.4. The Labute approximate surface area is 118 Å². The van der Waals surface area contributed by atoms with Crippen molar-refractivity contribution in [2.45, 2.75) is 6.92 Å². The summed E-state index contributed by atoms with van der Waals surface area (Å²) in [6, 6.07) is 16.5. The Morgan fingerprint density at radius 1 is 1.00 bits per heavy atom. The topological polar surface area (TPSA) is 50.7 Å². The van der Waals surface area contributed by atoms with Crippen LogP contribution in [0.5, 0.6) is 5.75 Å². The average molecular weight is 268 g/mol. The molecule has 0 aliphatic heterocycles. The highest BCUT2D eigenvalue weighted by Gasteiger charge is 2.03. The van der Waals surface area contributed by atoms with Crippen LogP contribution in [-0.2, 0) is 0 Å². The van der Waals surface area contributed by atoms with Gasteiger partial charge in [0.1, 0.15) is 5.75 Å². The Kier molecular flexibility index (Phi) is 4.50. The van der Waals surface area contributed by atoms with Crippen LogP contribution in [0.25, 0.3) is 0 Å². The summed E-state index contributed by atoms with van der Waals surface area (Å²) in [6.07, 6.45) is 0. The second-order valence-corrected chi connectivity index (χ2v) is 4.23. The Morgan fingerprint density at radius 3 is 2.25 bits per heavy atom. The highest BCUT2D eigenvalue weighted by Crippen LogP contribution is 2.11. The van der Waals surface area contributed by atoms with E-state index in [1.807, 2.05) is 49.4 Å². The summed E-state index contributed by atoms with van der Waals surface area (Å²) in [5.74, 6) is 0.563. The van der Waals surface area contributed by atoms with Gasteiger partial charge in [0, 0.05) is 5.56 Å². The molecule has 0 saturated carbocycles. The van der Waals surface area contributed by atoms with E-state index in [0.29, 0.717) is 5.56 Å². The van der Waals surface area contributed by atoms with Gasteiger partial charge in [0.25, 0.3) is 5.91 Å². The fourth-order valence-electron chi connectivity index (χ4n) is 1.69. The Bertz CT molecular complexity index is 604. The van der Waals surface area contributed by atoms with Gasteiger partial charge in [0.05, 0.1) is 12.8 Å². The monoisotopic (exact) mass is 268 g/mol. The van der Waals surface area contributed by atoms with Crippen LogP contribution in [0.4, 0.5) is 0 Å². The number of carbonyl (C=O) groups excluding carboxylic acids is 1. The molecule has 2 rings (SSSR count). The van der Waals surface area contributed by atoms with Crippen LogP contribution in [0, 0.1) is 0 Å². The third-order valence-corrected chi connectivity index (χ3v) is 2.87. The van der Waals surface area contributed by atoms with Gasteiger partial charge in [-0.3, -0.25) is 4.79 Å². The quantitative estimate of drug-likeness (QED) is 0.684. The number of rotatable bonds is 4. The molecule has 2 aromatic rings. The number of methoxy groups -OCH3 is 1. The molecule has 0 unspecified atom stereocenters. The second-order valence-electron chi connectivity index (χ2n) is 4.23. The lowest BCUT2D eigenvalue weighted by molar-refractivity contribution is 0.0955. The van der Waals surface area contributed by atoms with Crippen LogP contribution in [0.1, 0.15) is 22.8 Å². The maximum atomic E-state index is 11.8. The molecule has 0 spiro atoms. The maximum absolute atomic E-state index is 11.8. The molecular weight excluding hydrogens is 252 g/mol. The van der Waals surface area contributed by atoms with Gasteiger partial charge in [0.2, 0.25) is 0 Å². The van der Waals surface area contributed by atoms with Gasteiger partial charge >= 0.3 is 0 Å². The van der Waals surface area contributed by atoms with Crippen LogP contribution in [0.3, 0.4) is 0 Å². The summed E-state index contributed by atoms with van der Waals surface area (Å²) in [6.45, 7) is 1.84. The highest BCUT2D eigenvalue weighted by atomic mass is 16.5. The van der Waals surface area contributed by atoms with Gasteiger partial charge in [-0.2, -0.15) is 5.10 Å². The van der Waals surface area contributed by atoms with E-state index < -0.39 is 0 Å². The Hall–Kier alpha value is -2.62. The molecule has 4 heteroatoms. The first-order valence-electron chi connectivity index (χ1n) is 6.25. The largest absolute Gasteiger partial charge is 0.497 e. The van der Waals surface area contributed by atoms with Gasteiger partial charge in [-0.1, -0.05) is 18.2 Å². The van der Waals surface area contributed by atoms with Crippen LogP contribution in [-0.4, -0.2) is 18.7 Å². The van der Waals surface area contributed by atoms with Crippen molar-refractivity contribution in [1.29, 1.82) is 0 Å². The smallest absolute Gasteiger partial charge is 0.271 e. The van der Waals surface area contributed by atoms with Gasteiger partial charge in [-0.15, -0.1) is 0 Å². The molecule has 2 aromatic carbocycles. The molecule has 102 valence electrons. The number of hydrazone groups is 1. The van der Waals surface area contributed by atoms with Crippen molar-refractivity contribution < 1.29 is 9.53 Å². The molecule has 0 atom stereocenters. The van der Waals surface area contributed by atoms with Gasteiger partial charge < -0.3 is 4.74 Å².